The highest BCUT2D eigenvalue weighted by atomic mass is 32.2. The van der Waals surface area contributed by atoms with Crippen LogP contribution in [0.15, 0.2) is 18.3 Å². The molecule has 0 unspecified atom stereocenters. The maximum atomic E-state index is 4.23. The summed E-state index contributed by atoms with van der Waals surface area (Å²) in [5.74, 6) is 2.45. The zero-order valence-electron chi connectivity index (χ0n) is 8.92. The molecule has 0 fully saturated rings. The molecule has 1 rings (SSSR count). The molecule has 1 N–H and O–H groups in total. The fourth-order valence-electron chi connectivity index (χ4n) is 1.21. The van der Waals surface area contributed by atoms with Crippen LogP contribution in [0.25, 0.3) is 0 Å². The van der Waals surface area contributed by atoms with Crippen molar-refractivity contribution in [2.45, 2.75) is 20.3 Å². The average molecular weight is 210 g/mol. The van der Waals surface area contributed by atoms with Crippen LogP contribution in [0.2, 0.25) is 0 Å². The van der Waals surface area contributed by atoms with Gasteiger partial charge < -0.3 is 5.32 Å². The van der Waals surface area contributed by atoms with E-state index in [2.05, 4.69) is 23.3 Å². The molecule has 0 saturated heterocycles. The summed E-state index contributed by atoms with van der Waals surface area (Å²) in [6, 6.07) is 4.05. The summed E-state index contributed by atoms with van der Waals surface area (Å²) in [4.78, 5) is 4.23. The van der Waals surface area contributed by atoms with Crippen LogP contribution in [0.1, 0.15) is 19.0 Å². The number of aryl methyl sites for hydroxylation is 1. The predicted molar refractivity (Wildman–Crippen MR) is 65.1 cm³/mol. The van der Waals surface area contributed by atoms with Gasteiger partial charge in [0, 0.05) is 12.7 Å². The maximum Gasteiger partial charge on any atom is 0.0603 e. The van der Waals surface area contributed by atoms with Crippen LogP contribution in [-0.2, 0) is 0 Å². The van der Waals surface area contributed by atoms with Crippen LogP contribution in [0.5, 0.6) is 0 Å². The lowest BCUT2D eigenvalue weighted by Gasteiger charge is -2.07. The third-order valence-corrected chi connectivity index (χ3v) is 2.98. The number of nitrogens with one attached hydrogen (secondary N) is 1. The Balaban J connectivity index is 2.21. The summed E-state index contributed by atoms with van der Waals surface area (Å²) in [7, 11) is 0. The van der Waals surface area contributed by atoms with Crippen LogP contribution >= 0.6 is 11.8 Å². The molecule has 0 aliphatic heterocycles. The second-order valence-electron chi connectivity index (χ2n) is 3.11. The van der Waals surface area contributed by atoms with E-state index in [1.54, 1.807) is 0 Å². The second kappa shape index (κ2) is 6.71. The third-order valence-electron chi connectivity index (χ3n) is 1.99. The Labute approximate surface area is 90.5 Å². The molecule has 0 radical (unpaired) electrons. The van der Waals surface area contributed by atoms with Crippen molar-refractivity contribution in [2.24, 2.45) is 0 Å². The molecule has 78 valence electrons. The number of thioether (sulfide) groups is 1. The number of rotatable bonds is 6. The van der Waals surface area contributed by atoms with Crippen LogP contribution in [0.3, 0.4) is 0 Å². The van der Waals surface area contributed by atoms with Gasteiger partial charge in [0.2, 0.25) is 0 Å². The number of anilines is 1. The van der Waals surface area contributed by atoms with E-state index in [1.165, 1.54) is 17.9 Å². The van der Waals surface area contributed by atoms with Crippen molar-refractivity contribution in [3.63, 3.8) is 0 Å². The highest BCUT2D eigenvalue weighted by Crippen LogP contribution is 2.10. The molecule has 0 saturated carbocycles. The fraction of sp³-hybridized carbons (Fsp3) is 0.545. The zero-order valence-corrected chi connectivity index (χ0v) is 9.73. The quantitative estimate of drug-likeness (QED) is 0.731. The molecule has 0 bridgehead atoms. The Kier molecular flexibility index (Phi) is 5.45. The summed E-state index contributed by atoms with van der Waals surface area (Å²) in [5.41, 5.74) is 2.24. The fourth-order valence-corrected chi connectivity index (χ4v) is 1.85. The average Bonchev–Trinajstić information content (AvgIpc) is 2.20. The van der Waals surface area contributed by atoms with Crippen molar-refractivity contribution in [3.8, 4) is 0 Å². The lowest BCUT2D eigenvalue weighted by atomic mass is 10.3. The number of hydrogen-bond acceptors (Lipinski definition) is 3. The molecule has 1 heterocycles. The van der Waals surface area contributed by atoms with Crippen molar-refractivity contribution in [2.75, 3.05) is 23.4 Å². The van der Waals surface area contributed by atoms with Crippen LogP contribution in [-0.4, -0.2) is 23.0 Å². The molecule has 1 aromatic rings. The molecule has 0 aliphatic rings. The predicted octanol–water partition coefficient (Wildman–Crippen LogP) is 2.95. The number of aromatic nitrogens is 1. The van der Waals surface area contributed by atoms with Crippen molar-refractivity contribution in [1.82, 2.24) is 4.98 Å². The van der Waals surface area contributed by atoms with Gasteiger partial charge in [0.05, 0.1) is 11.4 Å². The maximum absolute atomic E-state index is 4.23. The van der Waals surface area contributed by atoms with Crippen molar-refractivity contribution < 1.29 is 0 Å². The number of pyridine rings is 1. The molecule has 0 aliphatic carbocycles. The summed E-state index contributed by atoms with van der Waals surface area (Å²) in [6.45, 7) is 5.27. The van der Waals surface area contributed by atoms with Gasteiger partial charge in [-0.05, 0) is 37.0 Å². The Morgan fingerprint density at radius 3 is 3.07 bits per heavy atom. The van der Waals surface area contributed by atoms with Gasteiger partial charge in [0.1, 0.15) is 0 Å². The Hall–Kier alpha value is -0.700. The van der Waals surface area contributed by atoms with Crippen molar-refractivity contribution in [1.29, 1.82) is 0 Å². The van der Waals surface area contributed by atoms with Gasteiger partial charge in [0.15, 0.2) is 0 Å². The van der Waals surface area contributed by atoms with E-state index in [9.17, 15) is 0 Å². The SMILES string of the molecule is CCSCCCNc1cccnc1C. The largest absolute Gasteiger partial charge is 0.384 e. The number of hydrogen-bond donors (Lipinski definition) is 1. The Morgan fingerprint density at radius 2 is 2.36 bits per heavy atom. The first-order chi connectivity index (χ1) is 6.84. The molecule has 3 heteroatoms. The molecule has 14 heavy (non-hydrogen) atoms. The first-order valence-electron chi connectivity index (χ1n) is 5.08. The molecule has 0 atom stereocenters. The van der Waals surface area contributed by atoms with Gasteiger partial charge in [-0.2, -0.15) is 11.8 Å². The summed E-state index contributed by atoms with van der Waals surface area (Å²) >= 11 is 1.99. The highest BCUT2D eigenvalue weighted by molar-refractivity contribution is 7.99. The molecular formula is C11H18N2S. The third kappa shape index (κ3) is 4.01. The van der Waals surface area contributed by atoms with Gasteiger partial charge in [0.25, 0.3) is 0 Å². The minimum absolute atomic E-state index is 1.04. The van der Waals surface area contributed by atoms with Gasteiger partial charge in [-0.15, -0.1) is 0 Å². The Morgan fingerprint density at radius 1 is 1.50 bits per heavy atom. The number of nitrogens with zero attached hydrogens (tertiary/aromatic N) is 1. The molecule has 0 aromatic carbocycles. The standard InChI is InChI=1S/C11H18N2S/c1-3-14-9-5-8-13-11-6-4-7-12-10(11)2/h4,6-7,13H,3,5,8-9H2,1-2H3. The van der Waals surface area contributed by atoms with Gasteiger partial charge in [-0.1, -0.05) is 6.92 Å². The van der Waals surface area contributed by atoms with E-state index in [0.29, 0.717) is 0 Å². The van der Waals surface area contributed by atoms with Crippen LogP contribution in [0.4, 0.5) is 5.69 Å². The van der Waals surface area contributed by atoms with E-state index < -0.39 is 0 Å². The second-order valence-corrected chi connectivity index (χ2v) is 4.51. The first-order valence-corrected chi connectivity index (χ1v) is 6.23. The summed E-state index contributed by atoms with van der Waals surface area (Å²) in [5, 5.41) is 3.40. The highest BCUT2D eigenvalue weighted by Gasteiger charge is 1.95. The summed E-state index contributed by atoms with van der Waals surface area (Å²) in [6.07, 6.45) is 3.04. The molecule has 0 spiro atoms. The van der Waals surface area contributed by atoms with Gasteiger partial charge in [-0.3, -0.25) is 4.98 Å². The van der Waals surface area contributed by atoms with E-state index in [1.807, 2.05) is 30.9 Å². The van der Waals surface area contributed by atoms with Crippen molar-refractivity contribution >= 4 is 17.4 Å². The lowest BCUT2D eigenvalue weighted by Crippen LogP contribution is -2.04. The smallest absolute Gasteiger partial charge is 0.0603 e. The minimum atomic E-state index is 1.04. The van der Waals surface area contributed by atoms with Gasteiger partial charge >= 0.3 is 0 Å². The summed E-state index contributed by atoms with van der Waals surface area (Å²) < 4.78 is 0. The molecular weight excluding hydrogens is 192 g/mol. The van der Waals surface area contributed by atoms with Gasteiger partial charge in [-0.25, -0.2) is 0 Å². The topological polar surface area (TPSA) is 24.9 Å². The lowest BCUT2D eigenvalue weighted by molar-refractivity contribution is 0.984. The molecule has 1 aromatic heterocycles. The zero-order chi connectivity index (χ0) is 10.2. The molecule has 2 nitrogen and oxygen atoms in total. The minimum Gasteiger partial charge on any atom is -0.384 e. The monoisotopic (exact) mass is 210 g/mol. The Bertz CT molecular complexity index is 263. The van der Waals surface area contributed by atoms with E-state index in [-0.39, 0.29) is 0 Å². The van der Waals surface area contributed by atoms with E-state index in [4.69, 9.17) is 0 Å². The van der Waals surface area contributed by atoms with Crippen molar-refractivity contribution in [3.05, 3.63) is 24.0 Å². The van der Waals surface area contributed by atoms with E-state index in [0.717, 1.165) is 17.9 Å². The van der Waals surface area contributed by atoms with Crippen LogP contribution < -0.4 is 5.32 Å². The first kappa shape index (κ1) is 11.4. The van der Waals surface area contributed by atoms with E-state index >= 15 is 0 Å². The molecule has 0 amide bonds. The normalized spacial score (nSPS) is 10.1. The van der Waals surface area contributed by atoms with Crippen LogP contribution in [0, 0.1) is 6.92 Å².